The quantitative estimate of drug-likeness (QED) is 0.816. The summed E-state index contributed by atoms with van der Waals surface area (Å²) in [5.41, 5.74) is 0.928. The van der Waals surface area contributed by atoms with Crippen LogP contribution in [0.25, 0.3) is 0 Å². The molecule has 21 heavy (non-hydrogen) atoms. The van der Waals surface area contributed by atoms with Gasteiger partial charge in [-0.1, -0.05) is 30.3 Å². The molecule has 108 valence electrons. The van der Waals surface area contributed by atoms with Crippen LogP contribution in [-0.4, -0.2) is 26.7 Å². The Labute approximate surface area is 119 Å². The monoisotopic (exact) mass is 289 g/mol. The number of ketones is 1. The third kappa shape index (κ3) is 1.97. The number of fused-ring (bicyclic) bond motifs is 1. The summed E-state index contributed by atoms with van der Waals surface area (Å²) in [7, 11) is 0. The van der Waals surface area contributed by atoms with Crippen molar-refractivity contribution in [3.8, 4) is 0 Å². The number of hydrogen-bond acceptors (Lipinski definition) is 3. The fourth-order valence-corrected chi connectivity index (χ4v) is 2.84. The van der Waals surface area contributed by atoms with E-state index < -0.39 is 24.0 Å². The van der Waals surface area contributed by atoms with Gasteiger partial charge in [0.05, 0.1) is 12.0 Å². The molecule has 1 fully saturated rings. The minimum absolute atomic E-state index is 0.0570. The SMILES string of the molecule is O=C(c1nc2n(n1)[C@@H](c1ccccc1)C[C@H]2F)[C@H]1C[C@H]1F. The predicted octanol–water partition coefficient (Wildman–Crippen LogP) is 2.82. The average Bonchev–Trinajstić information content (AvgIpc) is 2.95. The van der Waals surface area contributed by atoms with Crippen LogP contribution in [0.1, 0.15) is 47.1 Å². The minimum Gasteiger partial charge on any atom is -0.290 e. The maximum atomic E-state index is 14.1. The number of nitrogens with zero attached hydrogens (tertiary/aromatic N) is 3. The van der Waals surface area contributed by atoms with Crippen molar-refractivity contribution in [2.24, 2.45) is 5.92 Å². The van der Waals surface area contributed by atoms with Crippen LogP contribution in [0.4, 0.5) is 8.78 Å². The summed E-state index contributed by atoms with van der Waals surface area (Å²) in [6.07, 6.45) is -1.85. The standard InChI is InChI=1S/C15H13F2N3O/c16-10-6-9(10)13(21)14-18-15-11(17)7-12(20(15)19-14)8-4-2-1-3-5-8/h1-5,9-12H,6-7H2/t9-,10+,11+,12+/m0/s1. The number of rotatable bonds is 3. The van der Waals surface area contributed by atoms with Crippen molar-refractivity contribution >= 4 is 5.78 Å². The van der Waals surface area contributed by atoms with E-state index in [1.54, 1.807) is 0 Å². The fraction of sp³-hybridized carbons (Fsp3) is 0.400. The number of Topliss-reactive ketones (excluding diaryl/α,β-unsaturated/α-hetero) is 1. The van der Waals surface area contributed by atoms with E-state index in [0.29, 0.717) is 0 Å². The Kier molecular flexibility index (Phi) is 2.67. The molecule has 1 aromatic carbocycles. The van der Waals surface area contributed by atoms with E-state index in [0.717, 1.165) is 5.56 Å². The highest BCUT2D eigenvalue weighted by molar-refractivity contribution is 5.96. The molecule has 4 nitrogen and oxygen atoms in total. The van der Waals surface area contributed by atoms with Gasteiger partial charge in [0, 0.05) is 6.42 Å². The number of benzene rings is 1. The molecule has 1 aromatic heterocycles. The number of halogens is 2. The van der Waals surface area contributed by atoms with Crippen LogP contribution >= 0.6 is 0 Å². The molecular weight excluding hydrogens is 276 g/mol. The van der Waals surface area contributed by atoms with Gasteiger partial charge in [0.25, 0.3) is 0 Å². The Morgan fingerprint density at radius 1 is 1.19 bits per heavy atom. The van der Waals surface area contributed by atoms with Crippen molar-refractivity contribution < 1.29 is 13.6 Å². The van der Waals surface area contributed by atoms with Crippen LogP contribution in [0.15, 0.2) is 30.3 Å². The van der Waals surface area contributed by atoms with Crippen molar-refractivity contribution in [3.63, 3.8) is 0 Å². The number of hydrogen-bond donors (Lipinski definition) is 0. The highest BCUT2D eigenvalue weighted by atomic mass is 19.1. The van der Waals surface area contributed by atoms with Gasteiger partial charge >= 0.3 is 0 Å². The van der Waals surface area contributed by atoms with E-state index in [1.807, 2.05) is 30.3 Å². The normalized spacial score (nSPS) is 30.2. The lowest BCUT2D eigenvalue weighted by Gasteiger charge is -2.11. The Morgan fingerprint density at radius 2 is 1.90 bits per heavy atom. The molecule has 2 aliphatic rings. The molecule has 1 saturated carbocycles. The van der Waals surface area contributed by atoms with E-state index in [1.165, 1.54) is 4.68 Å². The molecule has 4 atom stereocenters. The number of alkyl halides is 2. The number of carbonyl (C=O) groups excluding carboxylic acids is 1. The fourth-order valence-electron chi connectivity index (χ4n) is 2.84. The molecular formula is C15H13F2N3O. The average molecular weight is 289 g/mol. The van der Waals surface area contributed by atoms with E-state index in [2.05, 4.69) is 10.1 Å². The Hall–Kier alpha value is -2.11. The van der Waals surface area contributed by atoms with Gasteiger partial charge in [0.1, 0.15) is 6.17 Å². The van der Waals surface area contributed by atoms with Crippen molar-refractivity contribution in [2.45, 2.75) is 31.2 Å². The molecule has 0 saturated heterocycles. The zero-order valence-corrected chi connectivity index (χ0v) is 11.1. The second-order valence-corrected chi connectivity index (χ2v) is 5.59. The van der Waals surface area contributed by atoms with Crippen LogP contribution in [0.2, 0.25) is 0 Å². The molecule has 0 spiro atoms. The second kappa shape index (κ2) is 4.44. The Morgan fingerprint density at radius 3 is 2.57 bits per heavy atom. The number of aromatic nitrogens is 3. The van der Waals surface area contributed by atoms with Crippen LogP contribution in [0.5, 0.6) is 0 Å². The van der Waals surface area contributed by atoms with Crippen LogP contribution < -0.4 is 0 Å². The Bertz CT molecular complexity index is 700. The molecule has 2 aromatic rings. The van der Waals surface area contributed by atoms with Gasteiger partial charge in [-0.15, -0.1) is 5.10 Å². The molecule has 0 unspecified atom stereocenters. The maximum absolute atomic E-state index is 14.1. The summed E-state index contributed by atoms with van der Waals surface area (Å²) in [4.78, 5) is 16.0. The third-order valence-electron chi connectivity index (χ3n) is 4.12. The molecule has 0 amide bonds. The second-order valence-electron chi connectivity index (χ2n) is 5.59. The first-order valence-electron chi connectivity index (χ1n) is 6.99. The van der Waals surface area contributed by atoms with E-state index >= 15 is 0 Å². The van der Waals surface area contributed by atoms with E-state index in [-0.39, 0.29) is 30.5 Å². The lowest BCUT2D eigenvalue weighted by molar-refractivity contribution is 0.0946. The van der Waals surface area contributed by atoms with Crippen LogP contribution in [0, 0.1) is 5.92 Å². The van der Waals surface area contributed by atoms with E-state index in [4.69, 9.17) is 0 Å². The van der Waals surface area contributed by atoms with Crippen molar-refractivity contribution in [1.29, 1.82) is 0 Å². The smallest absolute Gasteiger partial charge is 0.218 e. The van der Waals surface area contributed by atoms with Crippen molar-refractivity contribution in [1.82, 2.24) is 14.8 Å². The lowest BCUT2D eigenvalue weighted by Crippen LogP contribution is -2.11. The molecule has 2 heterocycles. The highest BCUT2D eigenvalue weighted by Crippen LogP contribution is 2.41. The van der Waals surface area contributed by atoms with Gasteiger partial charge in [0.15, 0.2) is 12.0 Å². The summed E-state index contributed by atoms with van der Waals surface area (Å²) in [5.74, 6) is -0.938. The largest absolute Gasteiger partial charge is 0.290 e. The number of carbonyl (C=O) groups is 1. The lowest BCUT2D eigenvalue weighted by atomic mass is 10.0. The Balaban J connectivity index is 1.69. The molecule has 4 rings (SSSR count). The first-order chi connectivity index (χ1) is 10.1. The minimum atomic E-state index is -1.25. The predicted molar refractivity (Wildman–Crippen MR) is 70.4 cm³/mol. The van der Waals surface area contributed by atoms with Gasteiger partial charge < -0.3 is 0 Å². The van der Waals surface area contributed by atoms with Crippen molar-refractivity contribution in [2.75, 3.05) is 0 Å². The van der Waals surface area contributed by atoms with Crippen molar-refractivity contribution in [3.05, 3.63) is 47.5 Å². The first-order valence-corrected chi connectivity index (χ1v) is 6.99. The van der Waals surface area contributed by atoms with Gasteiger partial charge in [-0.3, -0.25) is 4.79 Å². The summed E-state index contributed by atoms with van der Waals surface area (Å²) in [6.45, 7) is 0. The molecule has 1 aliphatic carbocycles. The van der Waals surface area contributed by atoms with Crippen LogP contribution in [-0.2, 0) is 0 Å². The zero-order chi connectivity index (χ0) is 14.6. The molecule has 0 N–H and O–H groups in total. The maximum Gasteiger partial charge on any atom is 0.218 e. The summed E-state index contributed by atoms with van der Waals surface area (Å²) < 4.78 is 28.6. The molecule has 0 radical (unpaired) electrons. The highest BCUT2D eigenvalue weighted by Gasteiger charge is 2.46. The first kappa shape index (κ1) is 12.6. The third-order valence-corrected chi connectivity index (χ3v) is 4.12. The topological polar surface area (TPSA) is 47.8 Å². The van der Waals surface area contributed by atoms with Gasteiger partial charge in [0.2, 0.25) is 11.6 Å². The molecule has 6 heteroatoms. The van der Waals surface area contributed by atoms with Gasteiger partial charge in [-0.25, -0.2) is 18.4 Å². The van der Waals surface area contributed by atoms with Gasteiger partial charge in [-0.05, 0) is 12.0 Å². The summed E-state index contributed by atoms with van der Waals surface area (Å²) >= 11 is 0. The molecule has 0 bridgehead atoms. The van der Waals surface area contributed by atoms with Crippen LogP contribution in [0.3, 0.4) is 0 Å². The van der Waals surface area contributed by atoms with Gasteiger partial charge in [-0.2, -0.15) is 0 Å². The zero-order valence-electron chi connectivity index (χ0n) is 11.1. The summed E-state index contributed by atoms with van der Waals surface area (Å²) in [5, 5.41) is 4.14. The van der Waals surface area contributed by atoms with E-state index in [9.17, 15) is 13.6 Å². The summed E-state index contributed by atoms with van der Waals surface area (Å²) in [6, 6.07) is 9.17. The molecule has 1 aliphatic heterocycles.